The zero-order valence-electron chi connectivity index (χ0n) is 7.67. The summed E-state index contributed by atoms with van der Waals surface area (Å²) in [6.45, 7) is 1.87. The van der Waals surface area contributed by atoms with Crippen LogP contribution < -0.4 is 0 Å². The van der Waals surface area contributed by atoms with Crippen LogP contribution in [0, 0.1) is 6.92 Å². The van der Waals surface area contributed by atoms with Crippen molar-refractivity contribution in [2.75, 3.05) is 0 Å². The Morgan fingerprint density at radius 3 is 3.07 bits per heavy atom. The molecule has 0 saturated heterocycles. The predicted octanol–water partition coefficient (Wildman–Crippen LogP) is 2.27. The first-order valence-electron chi connectivity index (χ1n) is 4.29. The maximum absolute atomic E-state index is 10.4. The lowest BCUT2D eigenvalue weighted by Crippen LogP contribution is -1.86. The fourth-order valence-corrected chi connectivity index (χ4v) is 1.75. The SMILES string of the molecule is Cc1nc2c(Cl)cc(CC=O)cc2[nH]1. The number of carbonyl (C=O) groups is 1. The number of hydrogen-bond donors (Lipinski definition) is 1. The fourth-order valence-electron chi connectivity index (χ4n) is 1.47. The monoisotopic (exact) mass is 208 g/mol. The summed E-state index contributed by atoms with van der Waals surface area (Å²) in [5, 5.41) is 0.587. The second-order valence-electron chi connectivity index (χ2n) is 3.17. The highest BCUT2D eigenvalue weighted by atomic mass is 35.5. The number of benzene rings is 1. The molecule has 0 saturated carbocycles. The number of halogens is 1. The summed E-state index contributed by atoms with van der Waals surface area (Å²) in [5.41, 5.74) is 2.55. The molecule has 1 heterocycles. The van der Waals surface area contributed by atoms with Crippen molar-refractivity contribution < 1.29 is 4.79 Å². The van der Waals surface area contributed by atoms with Crippen LogP contribution >= 0.6 is 11.6 Å². The number of nitrogens with one attached hydrogen (secondary N) is 1. The molecule has 14 heavy (non-hydrogen) atoms. The van der Waals surface area contributed by atoms with Gasteiger partial charge in [-0.1, -0.05) is 11.6 Å². The van der Waals surface area contributed by atoms with Crippen LogP contribution in [0.3, 0.4) is 0 Å². The third-order valence-electron chi connectivity index (χ3n) is 2.04. The molecule has 0 bridgehead atoms. The maximum atomic E-state index is 10.4. The predicted molar refractivity (Wildman–Crippen MR) is 55.6 cm³/mol. The Hall–Kier alpha value is -1.35. The highest BCUT2D eigenvalue weighted by Crippen LogP contribution is 2.23. The van der Waals surface area contributed by atoms with Gasteiger partial charge in [0, 0.05) is 6.42 Å². The lowest BCUT2D eigenvalue weighted by atomic mass is 10.1. The molecule has 2 aromatic rings. The highest BCUT2D eigenvalue weighted by Gasteiger charge is 2.05. The summed E-state index contributed by atoms with van der Waals surface area (Å²) in [7, 11) is 0. The smallest absolute Gasteiger partial charge is 0.124 e. The van der Waals surface area contributed by atoms with Crippen LogP contribution in [0.5, 0.6) is 0 Å². The van der Waals surface area contributed by atoms with Gasteiger partial charge in [-0.25, -0.2) is 4.98 Å². The first kappa shape index (κ1) is 9.21. The molecular formula is C10H9ClN2O. The van der Waals surface area contributed by atoms with Gasteiger partial charge in [-0.2, -0.15) is 0 Å². The lowest BCUT2D eigenvalue weighted by Gasteiger charge is -1.97. The van der Waals surface area contributed by atoms with E-state index in [-0.39, 0.29) is 0 Å². The van der Waals surface area contributed by atoms with Crippen molar-refractivity contribution in [3.05, 3.63) is 28.5 Å². The van der Waals surface area contributed by atoms with Gasteiger partial charge in [-0.3, -0.25) is 0 Å². The lowest BCUT2D eigenvalue weighted by molar-refractivity contribution is -0.107. The number of aldehydes is 1. The van der Waals surface area contributed by atoms with Crippen molar-refractivity contribution in [1.82, 2.24) is 9.97 Å². The van der Waals surface area contributed by atoms with Gasteiger partial charge in [0.2, 0.25) is 0 Å². The number of aromatic amines is 1. The van der Waals surface area contributed by atoms with Gasteiger partial charge < -0.3 is 9.78 Å². The van der Waals surface area contributed by atoms with Gasteiger partial charge in [0.15, 0.2) is 0 Å². The maximum Gasteiger partial charge on any atom is 0.124 e. The largest absolute Gasteiger partial charge is 0.342 e. The van der Waals surface area contributed by atoms with E-state index in [9.17, 15) is 4.79 Å². The van der Waals surface area contributed by atoms with E-state index in [1.165, 1.54) is 0 Å². The average molecular weight is 209 g/mol. The van der Waals surface area contributed by atoms with Gasteiger partial charge in [-0.15, -0.1) is 0 Å². The van der Waals surface area contributed by atoms with Crippen molar-refractivity contribution in [1.29, 1.82) is 0 Å². The molecule has 2 rings (SSSR count). The number of rotatable bonds is 2. The number of fused-ring (bicyclic) bond motifs is 1. The Morgan fingerprint density at radius 1 is 1.57 bits per heavy atom. The third kappa shape index (κ3) is 1.51. The molecule has 1 N–H and O–H groups in total. The Labute approximate surface area is 86.1 Å². The fraction of sp³-hybridized carbons (Fsp3) is 0.200. The molecule has 0 fully saturated rings. The zero-order valence-corrected chi connectivity index (χ0v) is 8.43. The quantitative estimate of drug-likeness (QED) is 0.770. The van der Waals surface area contributed by atoms with E-state index in [0.717, 1.165) is 28.7 Å². The van der Waals surface area contributed by atoms with Gasteiger partial charge in [0.05, 0.1) is 10.5 Å². The van der Waals surface area contributed by atoms with E-state index < -0.39 is 0 Å². The minimum atomic E-state index is 0.383. The second kappa shape index (κ2) is 3.42. The van der Waals surface area contributed by atoms with Crippen LogP contribution in [0.2, 0.25) is 5.02 Å². The van der Waals surface area contributed by atoms with E-state index in [1.807, 2.05) is 13.0 Å². The molecule has 4 heteroatoms. The van der Waals surface area contributed by atoms with E-state index in [0.29, 0.717) is 11.4 Å². The van der Waals surface area contributed by atoms with Gasteiger partial charge >= 0.3 is 0 Å². The average Bonchev–Trinajstić information content (AvgIpc) is 2.47. The van der Waals surface area contributed by atoms with Crippen molar-refractivity contribution >= 4 is 28.9 Å². The van der Waals surface area contributed by atoms with Crippen LogP contribution in [-0.2, 0) is 11.2 Å². The molecule has 0 unspecified atom stereocenters. The first-order chi connectivity index (χ1) is 6.70. The van der Waals surface area contributed by atoms with Crippen LogP contribution in [-0.4, -0.2) is 16.3 Å². The molecule has 3 nitrogen and oxygen atoms in total. The molecule has 0 radical (unpaired) electrons. The van der Waals surface area contributed by atoms with Crippen molar-refractivity contribution in [3.63, 3.8) is 0 Å². The topological polar surface area (TPSA) is 45.8 Å². The standard InChI is InChI=1S/C10H9ClN2O/c1-6-12-9-5-7(2-3-14)4-8(11)10(9)13-6/h3-5H,2H2,1H3,(H,12,13). The summed E-state index contributed by atoms with van der Waals surface area (Å²) < 4.78 is 0. The molecule has 0 aliphatic carbocycles. The van der Waals surface area contributed by atoms with Crippen molar-refractivity contribution in [2.24, 2.45) is 0 Å². The van der Waals surface area contributed by atoms with E-state index in [2.05, 4.69) is 9.97 Å². The van der Waals surface area contributed by atoms with E-state index in [1.54, 1.807) is 6.07 Å². The second-order valence-corrected chi connectivity index (χ2v) is 3.57. The number of imidazole rings is 1. The van der Waals surface area contributed by atoms with Crippen LogP contribution in [0.25, 0.3) is 11.0 Å². The number of aryl methyl sites for hydroxylation is 1. The molecule has 0 aliphatic heterocycles. The van der Waals surface area contributed by atoms with E-state index in [4.69, 9.17) is 11.6 Å². The van der Waals surface area contributed by atoms with Gasteiger partial charge in [-0.05, 0) is 24.6 Å². The number of hydrogen-bond acceptors (Lipinski definition) is 2. The molecule has 0 aliphatic rings. The normalized spacial score (nSPS) is 10.7. The van der Waals surface area contributed by atoms with Crippen molar-refractivity contribution in [2.45, 2.75) is 13.3 Å². The summed E-state index contributed by atoms with van der Waals surface area (Å²) in [6, 6.07) is 3.67. The molecule has 1 aromatic heterocycles. The van der Waals surface area contributed by atoms with Crippen LogP contribution in [0.4, 0.5) is 0 Å². The van der Waals surface area contributed by atoms with Gasteiger partial charge in [0.25, 0.3) is 0 Å². The summed E-state index contributed by atoms with van der Waals surface area (Å²) in [5.74, 6) is 0.824. The molecule has 0 amide bonds. The number of nitrogens with zero attached hydrogens (tertiary/aromatic N) is 1. The Bertz CT molecular complexity index is 490. The Kier molecular flexibility index (Phi) is 2.25. The van der Waals surface area contributed by atoms with Crippen molar-refractivity contribution in [3.8, 4) is 0 Å². The summed E-state index contributed by atoms with van der Waals surface area (Å²) >= 11 is 6.01. The Morgan fingerprint density at radius 2 is 2.36 bits per heavy atom. The summed E-state index contributed by atoms with van der Waals surface area (Å²) in [6.07, 6.45) is 1.24. The number of aromatic nitrogens is 2. The minimum absolute atomic E-state index is 0.383. The highest BCUT2D eigenvalue weighted by molar-refractivity contribution is 6.35. The zero-order chi connectivity index (χ0) is 10.1. The number of H-pyrrole nitrogens is 1. The van der Waals surface area contributed by atoms with Gasteiger partial charge in [0.1, 0.15) is 17.6 Å². The van der Waals surface area contributed by atoms with Crippen LogP contribution in [0.1, 0.15) is 11.4 Å². The third-order valence-corrected chi connectivity index (χ3v) is 2.33. The van der Waals surface area contributed by atoms with Crippen LogP contribution in [0.15, 0.2) is 12.1 Å². The minimum Gasteiger partial charge on any atom is -0.342 e. The number of carbonyl (C=O) groups excluding carboxylic acids is 1. The molecule has 0 spiro atoms. The molecule has 0 atom stereocenters. The molecule has 72 valence electrons. The molecule has 1 aromatic carbocycles. The Balaban J connectivity index is 2.64. The first-order valence-corrected chi connectivity index (χ1v) is 4.67. The summed E-state index contributed by atoms with van der Waals surface area (Å²) in [4.78, 5) is 17.7. The van der Waals surface area contributed by atoms with E-state index >= 15 is 0 Å². The molecular weight excluding hydrogens is 200 g/mol.